The molecule has 1 aromatic heterocycles. The summed E-state index contributed by atoms with van der Waals surface area (Å²) in [4.78, 5) is 27.6. The molecule has 1 fully saturated rings. The number of carbonyl (C=O) groups is 2. The third-order valence-corrected chi connectivity index (χ3v) is 5.18. The normalized spacial score (nSPS) is 17.0. The monoisotopic (exact) mass is 360 g/mol. The third-order valence-electron chi connectivity index (χ3n) is 5.18. The number of ketones is 1. The van der Waals surface area contributed by atoms with Crippen molar-refractivity contribution in [2.24, 2.45) is 5.92 Å². The van der Waals surface area contributed by atoms with E-state index in [4.69, 9.17) is 0 Å². The van der Waals surface area contributed by atoms with Crippen LogP contribution in [0, 0.1) is 11.1 Å². The lowest BCUT2D eigenvalue weighted by Gasteiger charge is -2.32. The summed E-state index contributed by atoms with van der Waals surface area (Å²) in [7, 11) is 0. The predicted molar refractivity (Wildman–Crippen MR) is 102 cm³/mol. The molecule has 1 atom stereocenters. The molecule has 0 N–H and O–H groups in total. The number of hydrogen-bond donors (Lipinski definition) is 0. The van der Waals surface area contributed by atoms with Gasteiger partial charge in [-0.3, -0.25) is 9.59 Å². The molecule has 5 heteroatoms. The van der Waals surface area contributed by atoms with Gasteiger partial charge >= 0.3 is 0 Å². The van der Waals surface area contributed by atoms with Crippen LogP contribution in [0.5, 0.6) is 0 Å². The van der Waals surface area contributed by atoms with E-state index in [9.17, 15) is 14.8 Å². The molecule has 2 aromatic carbocycles. The maximum atomic E-state index is 13.2. The first-order valence-corrected chi connectivity index (χ1v) is 9.13. The Balaban J connectivity index is 1.56. The van der Waals surface area contributed by atoms with Crippen LogP contribution in [0.2, 0.25) is 0 Å². The van der Waals surface area contributed by atoms with Crippen molar-refractivity contribution in [3.63, 3.8) is 0 Å². The van der Waals surface area contributed by atoms with Crippen molar-refractivity contribution in [3.05, 3.63) is 83.3 Å². The first-order valence-electron chi connectivity index (χ1n) is 9.13. The highest BCUT2D eigenvalue weighted by atomic mass is 16.5. The average Bonchev–Trinajstić information content (AvgIpc) is 2.73. The van der Waals surface area contributed by atoms with E-state index in [1.807, 2.05) is 42.5 Å². The number of rotatable bonds is 3. The lowest BCUT2D eigenvalue weighted by atomic mass is 9.87. The Kier molecular flexibility index (Phi) is 4.59. The van der Waals surface area contributed by atoms with Crippen LogP contribution in [0.3, 0.4) is 0 Å². The molecule has 0 spiro atoms. The van der Waals surface area contributed by atoms with Gasteiger partial charge in [0.1, 0.15) is 0 Å². The molecule has 5 nitrogen and oxygen atoms in total. The Morgan fingerprint density at radius 2 is 1.74 bits per heavy atom. The minimum atomic E-state index is -0.207. The smallest absolute Gasteiger partial charge is 0.254 e. The SMILES string of the molecule is O=C(c1cccc2ccccc12)[C@H]1CCCN(C(=O)c2cc[n+]([O-])cc2)C1. The van der Waals surface area contributed by atoms with Crippen molar-refractivity contribution in [3.8, 4) is 0 Å². The number of Topliss-reactive ketones (excluding diaryl/α,β-unsaturated/α-hetero) is 1. The molecule has 27 heavy (non-hydrogen) atoms. The fourth-order valence-electron chi connectivity index (χ4n) is 3.77. The van der Waals surface area contributed by atoms with E-state index in [1.54, 1.807) is 4.90 Å². The molecule has 3 aromatic rings. The number of piperidine rings is 1. The number of pyridine rings is 1. The lowest BCUT2D eigenvalue weighted by molar-refractivity contribution is -0.605. The van der Waals surface area contributed by atoms with Gasteiger partial charge in [-0.1, -0.05) is 42.5 Å². The van der Waals surface area contributed by atoms with Gasteiger partial charge in [0, 0.05) is 36.7 Å². The Morgan fingerprint density at radius 1 is 1.00 bits per heavy atom. The maximum Gasteiger partial charge on any atom is 0.254 e. The number of benzene rings is 2. The number of nitrogens with zero attached hydrogens (tertiary/aromatic N) is 2. The Labute approximate surface area is 157 Å². The summed E-state index contributed by atoms with van der Waals surface area (Å²) in [6.45, 7) is 1.04. The number of hydrogen-bond acceptors (Lipinski definition) is 3. The molecule has 0 saturated carbocycles. The van der Waals surface area contributed by atoms with Crippen molar-refractivity contribution >= 4 is 22.5 Å². The van der Waals surface area contributed by atoms with Gasteiger partial charge in [-0.05, 0) is 23.6 Å². The topological polar surface area (TPSA) is 64.3 Å². The first kappa shape index (κ1) is 17.2. The zero-order chi connectivity index (χ0) is 18.8. The number of carbonyl (C=O) groups excluding carboxylic acids is 2. The van der Waals surface area contributed by atoms with E-state index in [0.29, 0.717) is 23.4 Å². The van der Waals surface area contributed by atoms with Gasteiger partial charge in [-0.25, -0.2) is 0 Å². The maximum absolute atomic E-state index is 13.2. The summed E-state index contributed by atoms with van der Waals surface area (Å²) in [6, 6.07) is 16.7. The second kappa shape index (κ2) is 7.19. The zero-order valence-corrected chi connectivity index (χ0v) is 14.9. The Hall–Kier alpha value is -3.21. The molecule has 1 saturated heterocycles. The van der Waals surface area contributed by atoms with Gasteiger partial charge in [0.25, 0.3) is 5.91 Å². The largest absolute Gasteiger partial charge is 0.619 e. The van der Waals surface area contributed by atoms with Crippen LogP contribution in [-0.4, -0.2) is 29.7 Å². The molecular weight excluding hydrogens is 340 g/mol. The number of likely N-dealkylation sites (tertiary alicyclic amines) is 1. The summed E-state index contributed by atoms with van der Waals surface area (Å²) in [5.74, 6) is -0.248. The quantitative estimate of drug-likeness (QED) is 0.409. The molecule has 0 aliphatic carbocycles. The van der Waals surface area contributed by atoms with Crippen molar-refractivity contribution < 1.29 is 14.3 Å². The highest BCUT2D eigenvalue weighted by Gasteiger charge is 2.30. The van der Waals surface area contributed by atoms with Gasteiger partial charge in [0.05, 0.1) is 5.56 Å². The number of aromatic nitrogens is 1. The van der Waals surface area contributed by atoms with Crippen LogP contribution in [-0.2, 0) is 0 Å². The lowest BCUT2D eigenvalue weighted by Crippen LogP contribution is -2.42. The Morgan fingerprint density at radius 3 is 2.56 bits per heavy atom. The molecular formula is C22H20N2O3. The first-order chi connectivity index (χ1) is 13.1. The van der Waals surface area contributed by atoms with Gasteiger partial charge in [-0.2, -0.15) is 4.73 Å². The van der Waals surface area contributed by atoms with Crippen LogP contribution in [0.4, 0.5) is 0 Å². The molecule has 0 radical (unpaired) electrons. The van der Waals surface area contributed by atoms with Gasteiger partial charge in [0.15, 0.2) is 18.2 Å². The highest BCUT2D eigenvalue weighted by molar-refractivity contribution is 6.09. The predicted octanol–water partition coefficient (Wildman–Crippen LogP) is 3.21. The standard InChI is InChI=1S/C22H20N2O3/c25-21(20-9-3-6-16-5-1-2-8-19(16)20)18-7-4-12-23(15-18)22(26)17-10-13-24(27)14-11-17/h1-3,5-6,8-11,13-14,18H,4,7,12,15H2/t18-/m0/s1. The fourth-order valence-corrected chi connectivity index (χ4v) is 3.77. The van der Waals surface area contributed by atoms with Crippen LogP contribution < -0.4 is 4.73 Å². The summed E-state index contributed by atoms with van der Waals surface area (Å²) in [5.41, 5.74) is 1.19. The molecule has 1 aliphatic rings. The van der Waals surface area contributed by atoms with Crippen molar-refractivity contribution in [2.75, 3.05) is 13.1 Å². The molecule has 0 bridgehead atoms. The average molecular weight is 360 g/mol. The summed E-state index contributed by atoms with van der Waals surface area (Å²) < 4.78 is 0.653. The number of fused-ring (bicyclic) bond motifs is 1. The summed E-state index contributed by atoms with van der Waals surface area (Å²) >= 11 is 0. The molecule has 4 rings (SSSR count). The van der Waals surface area contributed by atoms with Gasteiger partial charge < -0.3 is 10.1 Å². The third kappa shape index (κ3) is 3.40. The van der Waals surface area contributed by atoms with E-state index in [-0.39, 0.29) is 17.6 Å². The minimum absolute atomic E-state index is 0.0924. The number of amides is 1. The van der Waals surface area contributed by atoms with E-state index >= 15 is 0 Å². The van der Waals surface area contributed by atoms with E-state index in [1.165, 1.54) is 24.5 Å². The van der Waals surface area contributed by atoms with Crippen molar-refractivity contribution in [1.82, 2.24) is 4.90 Å². The highest BCUT2D eigenvalue weighted by Crippen LogP contribution is 2.26. The van der Waals surface area contributed by atoms with E-state index in [2.05, 4.69) is 0 Å². The fraction of sp³-hybridized carbons (Fsp3) is 0.227. The van der Waals surface area contributed by atoms with Crippen LogP contribution in [0.15, 0.2) is 67.0 Å². The zero-order valence-electron chi connectivity index (χ0n) is 14.9. The molecule has 1 aliphatic heterocycles. The molecule has 1 amide bonds. The second-order valence-corrected chi connectivity index (χ2v) is 6.93. The molecule has 136 valence electrons. The van der Waals surface area contributed by atoms with Crippen LogP contribution >= 0.6 is 0 Å². The second-order valence-electron chi connectivity index (χ2n) is 6.93. The Bertz CT molecular complexity index is 993. The van der Waals surface area contributed by atoms with E-state index < -0.39 is 0 Å². The summed E-state index contributed by atoms with van der Waals surface area (Å²) in [5, 5.41) is 13.2. The van der Waals surface area contributed by atoms with E-state index in [0.717, 1.165) is 29.2 Å². The van der Waals surface area contributed by atoms with Crippen molar-refractivity contribution in [2.45, 2.75) is 12.8 Å². The molecule has 2 heterocycles. The van der Waals surface area contributed by atoms with Gasteiger partial charge in [-0.15, -0.1) is 0 Å². The molecule has 0 unspecified atom stereocenters. The van der Waals surface area contributed by atoms with Gasteiger partial charge in [0.2, 0.25) is 0 Å². The van der Waals surface area contributed by atoms with Crippen LogP contribution in [0.25, 0.3) is 10.8 Å². The summed E-state index contributed by atoms with van der Waals surface area (Å²) in [6.07, 6.45) is 4.20. The van der Waals surface area contributed by atoms with Crippen LogP contribution in [0.1, 0.15) is 33.6 Å². The van der Waals surface area contributed by atoms with Crippen molar-refractivity contribution in [1.29, 1.82) is 0 Å². The minimum Gasteiger partial charge on any atom is -0.619 e.